The van der Waals surface area contributed by atoms with Crippen LogP contribution in [0.3, 0.4) is 0 Å². The summed E-state index contributed by atoms with van der Waals surface area (Å²) in [4.78, 5) is 29.9. The number of rotatable bonds is 8. The molecule has 2 atom stereocenters. The van der Waals surface area contributed by atoms with Crippen molar-refractivity contribution in [2.75, 3.05) is 20.3 Å². The molecule has 3 heterocycles. The zero-order valence-electron chi connectivity index (χ0n) is 23.5. The standard InChI is InChI=1S/C30H27ClF3N5O5/c1-28(27(35)41)14-44-25-20(28)11-22(37-24(25)15-4-3-5-18(31)9-15)29(42,30(32,33)34)13-36-26(40)16-8-17-12-39(19-6-7-19)38-23(17)21(10-16)43-2/h3-5,8-12,19,42H,6-7,13-14H2,1-2H3,(H2,35,41)(H,36,40)/t28-,29?/m0/s1. The summed E-state index contributed by atoms with van der Waals surface area (Å²) in [5.74, 6) is -1.43. The van der Waals surface area contributed by atoms with Gasteiger partial charge in [-0.2, -0.15) is 18.3 Å². The van der Waals surface area contributed by atoms with Gasteiger partial charge in [0.25, 0.3) is 5.91 Å². The fourth-order valence-electron chi connectivity index (χ4n) is 5.21. The van der Waals surface area contributed by atoms with Gasteiger partial charge in [-0.15, -0.1) is 0 Å². The number of halogens is 4. The number of ether oxygens (including phenoxy) is 2. The van der Waals surface area contributed by atoms with Crippen LogP contribution in [0, 0.1) is 0 Å². The van der Waals surface area contributed by atoms with Crippen LogP contribution >= 0.6 is 11.6 Å². The molecule has 2 aromatic carbocycles. The van der Waals surface area contributed by atoms with Crippen LogP contribution < -0.4 is 20.5 Å². The molecule has 1 aliphatic heterocycles. The zero-order chi connectivity index (χ0) is 31.6. The van der Waals surface area contributed by atoms with Crippen LogP contribution in [-0.4, -0.2) is 58.1 Å². The molecule has 230 valence electrons. The smallest absolute Gasteiger partial charge is 0.424 e. The number of alkyl halides is 3. The fraction of sp³-hybridized carbons (Fsp3) is 0.333. The third-order valence-electron chi connectivity index (χ3n) is 8.11. The van der Waals surface area contributed by atoms with E-state index in [4.69, 9.17) is 26.8 Å². The third kappa shape index (κ3) is 4.89. The molecule has 1 aliphatic carbocycles. The Balaban J connectivity index is 1.40. The highest BCUT2D eigenvalue weighted by Crippen LogP contribution is 2.48. The van der Waals surface area contributed by atoms with Crippen molar-refractivity contribution in [3.63, 3.8) is 0 Å². The summed E-state index contributed by atoms with van der Waals surface area (Å²) >= 11 is 6.14. The Morgan fingerprint density at radius 1 is 1.25 bits per heavy atom. The predicted molar refractivity (Wildman–Crippen MR) is 154 cm³/mol. The number of nitrogens with one attached hydrogen (secondary N) is 1. The lowest BCUT2D eigenvalue weighted by molar-refractivity contribution is -0.265. The number of primary amides is 1. The highest BCUT2D eigenvalue weighted by Gasteiger charge is 2.57. The van der Waals surface area contributed by atoms with E-state index in [9.17, 15) is 27.9 Å². The molecule has 0 spiro atoms. The second-order valence-electron chi connectivity index (χ2n) is 11.2. The van der Waals surface area contributed by atoms with Crippen LogP contribution in [0.2, 0.25) is 5.02 Å². The maximum atomic E-state index is 14.7. The van der Waals surface area contributed by atoms with Crippen molar-refractivity contribution < 1.29 is 37.3 Å². The number of benzene rings is 2. The SMILES string of the molecule is COc1cc(C(=O)NCC(O)(c2cc3c(c(-c4cccc(Cl)c4)n2)OC[C@]3(C)C(N)=O)C(F)(F)F)cc2cn(C3CC3)nc12. The van der Waals surface area contributed by atoms with E-state index in [1.165, 1.54) is 32.2 Å². The first kappa shape index (κ1) is 29.7. The normalized spacial score (nSPS) is 19.2. The van der Waals surface area contributed by atoms with Gasteiger partial charge in [0.15, 0.2) is 0 Å². The molecule has 0 saturated heterocycles. The summed E-state index contributed by atoms with van der Waals surface area (Å²) in [6, 6.07) is 10.2. The highest BCUT2D eigenvalue weighted by molar-refractivity contribution is 6.30. The van der Waals surface area contributed by atoms with E-state index >= 15 is 0 Å². The van der Waals surface area contributed by atoms with Gasteiger partial charge >= 0.3 is 6.18 Å². The summed E-state index contributed by atoms with van der Waals surface area (Å²) < 4.78 is 57.1. The Bertz CT molecular complexity index is 1820. The van der Waals surface area contributed by atoms with Gasteiger partial charge in [-0.25, -0.2) is 4.98 Å². The Labute approximate surface area is 253 Å². The molecule has 2 aromatic heterocycles. The van der Waals surface area contributed by atoms with Crippen molar-refractivity contribution in [1.29, 1.82) is 0 Å². The lowest BCUT2D eigenvalue weighted by Gasteiger charge is -2.31. The van der Waals surface area contributed by atoms with Gasteiger partial charge in [0.2, 0.25) is 11.5 Å². The molecule has 10 nitrogen and oxygen atoms in total. The van der Waals surface area contributed by atoms with E-state index in [1.54, 1.807) is 29.1 Å². The number of hydrogen-bond acceptors (Lipinski definition) is 7. The van der Waals surface area contributed by atoms with E-state index in [-0.39, 0.29) is 51.6 Å². The number of hydrogen-bond donors (Lipinski definition) is 3. The van der Waals surface area contributed by atoms with Crippen LogP contribution in [0.25, 0.3) is 22.2 Å². The Morgan fingerprint density at radius 2 is 2.00 bits per heavy atom. The number of aliphatic hydroxyl groups is 1. The molecular weight excluding hydrogens is 603 g/mol. The van der Waals surface area contributed by atoms with Gasteiger partial charge in [0, 0.05) is 33.3 Å². The molecule has 4 N–H and O–H groups in total. The summed E-state index contributed by atoms with van der Waals surface area (Å²) in [7, 11) is 1.40. The van der Waals surface area contributed by atoms with Crippen LogP contribution in [0.5, 0.6) is 11.5 Å². The molecule has 1 saturated carbocycles. The van der Waals surface area contributed by atoms with E-state index < -0.39 is 41.2 Å². The van der Waals surface area contributed by atoms with E-state index in [0.717, 1.165) is 18.9 Å². The Morgan fingerprint density at radius 3 is 2.64 bits per heavy atom. The molecule has 44 heavy (non-hydrogen) atoms. The number of aromatic nitrogens is 3. The lowest BCUT2D eigenvalue weighted by Crippen LogP contribution is -2.51. The van der Waals surface area contributed by atoms with E-state index in [2.05, 4.69) is 15.4 Å². The van der Waals surface area contributed by atoms with Crippen LogP contribution in [-0.2, 0) is 15.8 Å². The van der Waals surface area contributed by atoms with E-state index in [1.807, 2.05) is 0 Å². The van der Waals surface area contributed by atoms with Crippen molar-refractivity contribution in [3.8, 4) is 22.8 Å². The van der Waals surface area contributed by atoms with E-state index in [0.29, 0.717) is 10.9 Å². The second kappa shape index (κ2) is 10.4. The summed E-state index contributed by atoms with van der Waals surface area (Å²) in [5, 5.41) is 18.9. The molecule has 4 aromatic rings. The zero-order valence-corrected chi connectivity index (χ0v) is 24.3. The average molecular weight is 630 g/mol. The van der Waals surface area contributed by atoms with Crippen molar-refractivity contribution in [2.45, 2.75) is 43.0 Å². The van der Waals surface area contributed by atoms with Crippen molar-refractivity contribution in [2.24, 2.45) is 5.73 Å². The minimum absolute atomic E-state index is 0.00505. The number of fused-ring (bicyclic) bond motifs is 2. The molecule has 1 unspecified atom stereocenters. The summed E-state index contributed by atoms with van der Waals surface area (Å²) in [5.41, 5.74) is 0.298. The first-order chi connectivity index (χ1) is 20.7. The Kier molecular flexibility index (Phi) is 7.00. The van der Waals surface area contributed by atoms with Gasteiger partial charge in [-0.05, 0) is 50.1 Å². The molecule has 2 amide bonds. The summed E-state index contributed by atoms with van der Waals surface area (Å²) in [6.07, 6.45) is -1.62. The maximum absolute atomic E-state index is 14.7. The molecule has 0 bridgehead atoms. The third-order valence-corrected chi connectivity index (χ3v) is 8.34. The molecule has 6 rings (SSSR count). The molecular formula is C30H27ClF3N5O5. The largest absolute Gasteiger partial charge is 0.494 e. The number of nitrogens with two attached hydrogens (primary N) is 1. The first-order valence-electron chi connectivity index (χ1n) is 13.6. The Hall–Kier alpha value is -4.36. The molecule has 14 heteroatoms. The minimum atomic E-state index is -5.32. The average Bonchev–Trinajstić information content (AvgIpc) is 3.65. The number of nitrogens with zero attached hydrogens (tertiary/aromatic N) is 3. The summed E-state index contributed by atoms with van der Waals surface area (Å²) in [6.45, 7) is -0.124. The topological polar surface area (TPSA) is 142 Å². The second-order valence-corrected chi connectivity index (χ2v) is 11.7. The fourth-order valence-corrected chi connectivity index (χ4v) is 5.40. The predicted octanol–water partition coefficient (Wildman–Crippen LogP) is 4.41. The minimum Gasteiger partial charge on any atom is -0.494 e. The molecule has 0 radical (unpaired) electrons. The van der Waals surface area contributed by atoms with Gasteiger partial charge in [-0.3, -0.25) is 14.3 Å². The lowest BCUT2D eigenvalue weighted by atomic mass is 9.81. The van der Waals surface area contributed by atoms with Gasteiger partial charge in [-0.1, -0.05) is 23.7 Å². The number of carbonyl (C=O) groups is 2. The molecule has 1 fully saturated rings. The quantitative estimate of drug-likeness (QED) is 0.262. The van der Waals surface area contributed by atoms with Crippen LogP contribution in [0.1, 0.15) is 47.4 Å². The van der Waals surface area contributed by atoms with Crippen LogP contribution in [0.15, 0.2) is 48.7 Å². The van der Waals surface area contributed by atoms with Gasteiger partial charge in [0.05, 0.1) is 25.4 Å². The van der Waals surface area contributed by atoms with Gasteiger partial charge in [0.1, 0.15) is 34.7 Å². The first-order valence-corrected chi connectivity index (χ1v) is 14.0. The maximum Gasteiger partial charge on any atom is 0.424 e. The monoisotopic (exact) mass is 629 g/mol. The highest BCUT2D eigenvalue weighted by atomic mass is 35.5. The van der Waals surface area contributed by atoms with Crippen molar-refractivity contribution >= 4 is 34.3 Å². The van der Waals surface area contributed by atoms with Crippen LogP contribution in [0.4, 0.5) is 13.2 Å². The van der Waals surface area contributed by atoms with Gasteiger partial charge < -0.3 is 25.6 Å². The molecule has 2 aliphatic rings. The number of methoxy groups -OCH3 is 1. The van der Waals surface area contributed by atoms with Crippen molar-refractivity contribution in [3.05, 3.63) is 70.5 Å². The van der Waals surface area contributed by atoms with Crippen molar-refractivity contribution in [1.82, 2.24) is 20.1 Å². The number of carbonyl (C=O) groups excluding carboxylic acids is 2. The number of pyridine rings is 1. The number of amides is 2.